The predicted octanol–water partition coefficient (Wildman–Crippen LogP) is 2.67. The number of carbonyl (C=O) groups excluding carboxylic acids is 1. The van der Waals surface area contributed by atoms with Crippen LogP contribution in [-0.2, 0) is 10.0 Å². The van der Waals surface area contributed by atoms with Crippen molar-refractivity contribution < 1.29 is 22.7 Å². The molecule has 0 fully saturated rings. The summed E-state index contributed by atoms with van der Waals surface area (Å²) in [4.78, 5) is 11.5. The number of nitrogens with zero attached hydrogens (tertiary/aromatic N) is 4. The Hall–Kier alpha value is -4.45. The van der Waals surface area contributed by atoms with E-state index in [1.54, 1.807) is 35.1 Å². The number of nitrogens with one attached hydrogen (secondary N) is 1. The largest absolute Gasteiger partial charge is 0.496 e. The van der Waals surface area contributed by atoms with Crippen LogP contribution in [0.4, 0.5) is 5.69 Å². The molecule has 4 aromatic rings. The van der Waals surface area contributed by atoms with E-state index >= 15 is 0 Å². The molecule has 2 heterocycles. The first-order valence-corrected chi connectivity index (χ1v) is 11.4. The van der Waals surface area contributed by atoms with Gasteiger partial charge in [-0.1, -0.05) is 0 Å². The lowest BCUT2D eigenvalue weighted by Crippen LogP contribution is -2.16. The number of primary amides is 1. The maximum absolute atomic E-state index is 12.7. The van der Waals surface area contributed by atoms with Crippen LogP contribution in [0.3, 0.4) is 0 Å². The number of carbonyl (C=O) groups is 1. The van der Waals surface area contributed by atoms with Crippen LogP contribution < -0.4 is 19.9 Å². The lowest BCUT2D eigenvalue weighted by atomic mass is 10.2. The molecule has 174 valence electrons. The van der Waals surface area contributed by atoms with Gasteiger partial charge in [-0.2, -0.15) is 5.10 Å². The van der Waals surface area contributed by atoms with Crippen molar-refractivity contribution in [1.29, 1.82) is 0 Å². The monoisotopic (exact) mass is 480 g/mol. The Kier molecular flexibility index (Phi) is 6.15. The van der Waals surface area contributed by atoms with Gasteiger partial charge in [0.05, 0.1) is 23.3 Å². The SMILES string of the molecule is COc1ccc(S(=O)(=O)Nc2ccc(Oc3ccc(-n4ccc(C)n4)nn3)cc2)cc1C(N)=O. The maximum atomic E-state index is 12.7. The van der Waals surface area contributed by atoms with Gasteiger partial charge in [0.2, 0.25) is 5.88 Å². The molecule has 0 atom stereocenters. The van der Waals surface area contributed by atoms with Crippen molar-refractivity contribution in [3.63, 3.8) is 0 Å². The van der Waals surface area contributed by atoms with Crippen LogP contribution in [0.1, 0.15) is 16.1 Å². The number of hydrogen-bond acceptors (Lipinski definition) is 8. The number of methoxy groups -OCH3 is 1. The van der Waals surface area contributed by atoms with Gasteiger partial charge in [0.1, 0.15) is 11.5 Å². The lowest BCUT2D eigenvalue weighted by Gasteiger charge is -2.11. The third-order valence-corrected chi connectivity index (χ3v) is 6.04. The number of sulfonamides is 1. The molecule has 11 nitrogen and oxygen atoms in total. The molecule has 0 spiro atoms. The summed E-state index contributed by atoms with van der Waals surface area (Å²) < 4.78 is 40.2. The van der Waals surface area contributed by atoms with E-state index in [-0.39, 0.29) is 22.1 Å². The zero-order valence-electron chi connectivity index (χ0n) is 18.2. The molecule has 2 aromatic heterocycles. The van der Waals surface area contributed by atoms with Crippen LogP contribution >= 0.6 is 0 Å². The highest BCUT2D eigenvalue weighted by Crippen LogP contribution is 2.26. The second-order valence-electron chi connectivity index (χ2n) is 7.09. The second-order valence-corrected chi connectivity index (χ2v) is 8.77. The zero-order valence-corrected chi connectivity index (χ0v) is 19.0. The lowest BCUT2D eigenvalue weighted by molar-refractivity contribution is 0.0997. The molecule has 0 aliphatic heterocycles. The first-order valence-electron chi connectivity index (χ1n) is 9.90. The van der Waals surface area contributed by atoms with E-state index in [0.29, 0.717) is 17.3 Å². The van der Waals surface area contributed by atoms with Crippen molar-refractivity contribution in [2.24, 2.45) is 5.73 Å². The quantitative estimate of drug-likeness (QED) is 0.391. The molecule has 2 aromatic carbocycles. The summed E-state index contributed by atoms with van der Waals surface area (Å²) in [7, 11) is -2.62. The molecule has 3 N–H and O–H groups in total. The van der Waals surface area contributed by atoms with E-state index < -0.39 is 15.9 Å². The molecule has 0 radical (unpaired) electrons. The van der Waals surface area contributed by atoms with Crippen LogP contribution in [0.2, 0.25) is 0 Å². The highest BCUT2D eigenvalue weighted by molar-refractivity contribution is 7.92. The summed E-state index contributed by atoms with van der Waals surface area (Å²) in [6.45, 7) is 1.88. The molecule has 0 unspecified atom stereocenters. The Bertz CT molecular complexity index is 1430. The van der Waals surface area contributed by atoms with Gasteiger partial charge < -0.3 is 15.2 Å². The van der Waals surface area contributed by atoms with Crippen molar-refractivity contribution in [3.05, 3.63) is 78.1 Å². The van der Waals surface area contributed by atoms with Crippen LogP contribution in [0.5, 0.6) is 17.4 Å². The molecular weight excluding hydrogens is 460 g/mol. The van der Waals surface area contributed by atoms with Gasteiger partial charge in [0.25, 0.3) is 15.9 Å². The highest BCUT2D eigenvalue weighted by atomic mass is 32.2. The van der Waals surface area contributed by atoms with Crippen molar-refractivity contribution >= 4 is 21.6 Å². The summed E-state index contributed by atoms with van der Waals surface area (Å²) in [6, 6.07) is 15.3. The summed E-state index contributed by atoms with van der Waals surface area (Å²) >= 11 is 0. The summed E-state index contributed by atoms with van der Waals surface area (Å²) in [5.74, 6) is 0.622. The highest BCUT2D eigenvalue weighted by Gasteiger charge is 2.19. The average molecular weight is 481 g/mol. The maximum Gasteiger partial charge on any atom is 0.261 e. The number of aryl methyl sites for hydroxylation is 1. The van der Waals surface area contributed by atoms with Crippen molar-refractivity contribution in [1.82, 2.24) is 20.0 Å². The Balaban J connectivity index is 1.45. The van der Waals surface area contributed by atoms with Crippen LogP contribution in [0, 0.1) is 6.92 Å². The van der Waals surface area contributed by atoms with Gasteiger partial charge in [0.15, 0.2) is 5.82 Å². The second kappa shape index (κ2) is 9.19. The molecule has 34 heavy (non-hydrogen) atoms. The summed E-state index contributed by atoms with van der Waals surface area (Å²) in [5, 5.41) is 12.4. The molecule has 0 saturated heterocycles. The van der Waals surface area contributed by atoms with E-state index in [9.17, 15) is 13.2 Å². The first kappa shape index (κ1) is 22.7. The minimum absolute atomic E-state index is 0.0380. The Morgan fingerprint density at radius 1 is 1.03 bits per heavy atom. The van der Waals surface area contributed by atoms with Gasteiger partial charge in [-0.15, -0.1) is 10.2 Å². The topological polar surface area (TPSA) is 151 Å². The number of nitrogens with two attached hydrogens (primary N) is 1. The molecule has 1 amide bonds. The van der Waals surface area contributed by atoms with E-state index in [1.807, 2.05) is 13.0 Å². The minimum Gasteiger partial charge on any atom is -0.496 e. The number of ether oxygens (including phenoxy) is 2. The number of aromatic nitrogens is 4. The van der Waals surface area contributed by atoms with Crippen LogP contribution in [0.15, 0.2) is 71.8 Å². The minimum atomic E-state index is -3.98. The summed E-state index contributed by atoms with van der Waals surface area (Å²) in [6.07, 6.45) is 1.78. The van der Waals surface area contributed by atoms with E-state index in [4.69, 9.17) is 15.2 Å². The third kappa shape index (κ3) is 4.96. The van der Waals surface area contributed by atoms with Crippen LogP contribution in [-0.4, -0.2) is 41.4 Å². The van der Waals surface area contributed by atoms with Gasteiger partial charge >= 0.3 is 0 Å². The Labute approximate surface area is 195 Å². The molecule has 0 aliphatic rings. The molecule has 0 aliphatic carbocycles. The fraction of sp³-hybridized carbons (Fsp3) is 0.0909. The predicted molar refractivity (Wildman–Crippen MR) is 123 cm³/mol. The van der Waals surface area contributed by atoms with Crippen molar-refractivity contribution in [3.8, 4) is 23.2 Å². The average Bonchev–Trinajstić information content (AvgIpc) is 3.26. The van der Waals surface area contributed by atoms with Gasteiger partial charge in [-0.3, -0.25) is 9.52 Å². The summed E-state index contributed by atoms with van der Waals surface area (Å²) in [5.41, 5.74) is 6.42. The van der Waals surface area contributed by atoms with Crippen molar-refractivity contribution in [2.75, 3.05) is 11.8 Å². The molecular formula is C22H20N6O5S. The molecule has 4 rings (SSSR count). The Morgan fingerprint density at radius 3 is 2.38 bits per heavy atom. The van der Waals surface area contributed by atoms with E-state index in [1.165, 1.54) is 31.4 Å². The third-order valence-electron chi connectivity index (χ3n) is 4.66. The standard InChI is InChI=1S/C22H20N6O5S/c1-14-11-12-28(26-14)20-9-10-21(25-24-20)33-16-5-3-15(4-6-16)27-34(30,31)17-7-8-19(32-2)18(13-17)22(23)29/h3-13,27H,1-2H3,(H2,23,29). The van der Waals surface area contributed by atoms with E-state index in [2.05, 4.69) is 20.0 Å². The zero-order chi connectivity index (χ0) is 24.3. The molecule has 0 bridgehead atoms. The first-order chi connectivity index (χ1) is 16.2. The fourth-order valence-corrected chi connectivity index (χ4v) is 4.09. The van der Waals surface area contributed by atoms with Crippen molar-refractivity contribution in [2.45, 2.75) is 11.8 Å². The Morgan fingerprint density at radius 2 is 1.79 bits per heavy atom. The number of anilines is 1. The van der Waals surface area contributed by atoms with Gasteiger partial charge in [-0.05, 0) is 61.5 Å². The van der Waals surface area contributed by atoms with Gasteiger partial charge in [0, 0.05) is 18.0 Å². The van der Waals surface area contributed by atoms with Gasteiger partial charge in [-0.25, -0.2) is 13.1 Å². The van der Waals surface area contributed by atoms with E-state index in [0.717, 1.165) is 11.8 Å². The normalized spacial score (nSPS) is 11.1. The number of benzene rings is 2. The number of rotatable bonds is 8. The number of hydrogen-bond donors (Lipinski definition) is 2. The fourth-order valence-electron chi connectivity index (χ4n) is 3.00. The molecule has 12 heteroatoms. The number of amides is 1. The smallest absolute Gasteiger partial charge is 0.261 e. The molecule has 0 saturated carbocycles. The van der Waals surface area contributed by atoms with Crippen LogP contribution in [0.25, 0.3) is 5.82 Å².